The highest BCUT2D eigenvalue weighted by Gasteiger charge is 2.16. The topological polar surface area (TPSA) is 68.2 Å². The Morgan fingerprint density at radius 3 is 2.19 bits per heavy atom. The van der Waals surface area contributed by atoms with Gasteiger partial charge >= 0.3 is 0 Å². The maximum absolute atomic E-state index is 10.9. The van der Waals surface area contributed by atoms with Gasteiger partial charge in [0.25, 0.3) is 5.69 Å². The standard InChI is InChI=1S/C21H16N2O3/c1-26-17-12-8-14(9-13-17)20-18-4-2-3-5-19(18)22-21(20)15-6-10-16(11-7-15)23(24)25/h2-13,22H,1H3. The molecule has 26 heavy (non-hydrogen) atoms. The Kier molecular flexibility index (Phi) is 3.89. The van der Waals surface area contributed by atoms with Gasteiger partial charge in [-0.25, -0.2) is 0 Å². The largest absolute Gasteiger partial charge is 0.497 e. The lowest BCUT2D eigenvalue weighted by molar-refractivity contribution is -0.384. The number of hydrogen-bond acceptors (Lipinski definition) is 3. The number of rotatable bonds is 4. The molecule has 1 aromatic heterocycles. The van der Waals surface area contributed by atoms with Crippen molar-refractivity contribution in [3.05, 3.63) is 82.9 Å². The summed E-state index contributed by atoms with van der Waals surface area (Å²) in [6.45, 7) is 0. The number of nitrogens with zero attached hydrogens (tertiary/aromatic N) is 1. The van der Waals surface area contributed by atoms with Gasteiger partial charge < -0.3 is 9.72 Å². The number of H-pyrrole nitrogens is 1. The van der Waals surface area contributed by atoms with Gasteiger partial charge in [0.1, 0.15) is 5.75 Å². The summed E-state index contributed by atoms with van der Waals surface area (Å²) in [5, 5.41) is 12.0. The lowest BCUT2D eigenvalue weighted by Crippen LogP contribution is -1.88. The number of nitro benzene ring substituents is 1. The molecule has 4 rings (SSSR count). The second-order valence-corrected chi connectivity index (χ2v) is 5.95. The van der Waals surface area contributed by atoms with Crippen molar-refractivity contribution in [2.24, 2.45) is 0 Å². The molecule has 0 saturated heterocycles. The van der Waals surface area contributed by atoms with E-state index in [1.54, 1.807) is 19.2 Å². The summed E-state index contributed by atoms with van der Waals surface area (Å²) in [4.78, 5) is 14.0. The summed E-state index contributed by atoms with van der Waals surface area (Å²) >= 11 is 0. The highest BCUT2D eigenvalue weighted by atomic mass is 16.6. The van der Waals surface area contributed by atoms with Gasteiger partial charge in [-0.05, 0) is 41.5 Å². The van der Waals surface area contributed by atoms with E-state index in [4.69, 9.17) is 4.74 Å². The quantitative estimate of drug-likeness (QED) is 0.397. The van der Waals surface area contributed by atoms with E-state index in [2.05, 4.69) is 11.1 Å². The molecule has 3 aromatic carbocycles. The predicted molar refractivity (Wildman–Crippen MR) is 102 cm³/mol. The molecule has 0 radical (unpaired) electrons. The number of fused-ring (bicyclic) bond motifs is 1. The Morgan fingerprint density at radius 2 is 1.54 bits per heavy atom. The zero-order valence-electron chi connectivity index (χ0n) is 14.1. The van der Waals surface area contributed by atoms with Crippen molar-refractivity contribution in [2.45, 2.75) is 0 Å². The molecule has 4 aromatic rings. The van der Waals surface area contributed by atoms with E-state index in [0.29, 0.717) is 0 Å². The molecule has 0 atom stereocenters. The Hall–Kier alpha value is -3.60. The lowest BCUT2D eigenvalue weighted by atomic mass is 9.98. The third kappa shape index (κ3) is 2.69. The summed E-state index contributed by atoms with van der Waals surface area (Å²) in [5.74, 6) is 0.797. The van der Waals surface area contributed by atoms with Crippen LogP contribution in [-0.4, -0.2) is 17.0 Å². The number of non-ortho nitro benzene ring substituents is 1. The first-order valence-electron chi connectivity index (χ1n) is 8.17. The van der Waals surface area contributed by atoms with Crippen LogP contribution >= 0.6 is 0 Å². The first-order valence-corrected chi connectivity index (χ1v) is 8.17. The zero-order chi connectivity index (χ0) is 18.1. The van der Waals surface area contributed by atoms with Crippen molar-refractivity contribution in [3.63, 3.8) is 0 Å². The summed E-state index contributed by atoms with van der Waals surface area (Å²) < 4.78 is 5.25. The highest BCUT2D eigenvalue weighted by Crippen LogP contribution is 2.39. The fourth-order valence-corrected chi connectivity index (χ4v) is 3.17. The Balaban J connectivity index is 1.92. The SMILES string of the molecule is COc1ccc(-c2c(-c3ccc([N+](=O)[O-])cc3)[nH]c3ccccc23)cc1. The molecular formula is C21H16N2O3. The number of nitrogens with one attached hydrogen (secondary N) is 1. The molecule has 0 saturated carbocycles. The van der Waals surface area contributed by atoms with Crippen molar-refractivity contribution in [1.82, 2.24) is 4.98 Å². The second-order valence-electron chi connectivity index (χ2n) is 5.95. The van der Waals surface area contributed by atoms with E-state index < -0.39 is 0 Å². The van der Waals surface area contributed by atoms with Crippen LogP contribution in [0.5, 0.6) is 5.75 Å². The molecule has 1 N–H and O–H groups in total. The first-order chi connectivity index (χ1) is 12.7. The van der Waals surface area contributed by atoms with E-state index >= 15 is 0 Å². The number of ether oxygens (including phenoxy) is 1. The Labute approximate surface area is 150 Å². The Morgan fingerprint density at radius 1 is 0.885 bits per heavy atom. The molecule has 0 bridgehead atoms. The van der Waals surface area contributed by atoms with Gasteiger partial charge in [-0.2, -0.15) is 0 Å². The van der Waals surface area contributed by atoms with Crippen LogP contribution in [-0.2, 0) is 0 Å². The average Bonchev–Trinajstić information content (AvgIpc) is 3.07. The normalized spacial score (nSPS) is 10.8. The number of para-hydroxylation sites is 1. The number of aromatic amines is 1. The monoisotopic (exact) mass is 344 g/mol. The zero-order valence-corrected chi connectivity index (χ0v) is 14.1. The molecule has 0 aliphatic rings. The molecule has 5 nitrogen and oxygen atoms in total. The van der Waals surface area contributed by atoms with Crippen molar-refractivity contribution >= 4 is 16.6 Å². The van der Waals surface area contributed by atoms with Crippen LogP contribution < -0.4 is 4.74 Å². The first kappa shape index (κ1) is 15.9. The van der Waals surface area contributed by atoms with Crippen LogP contribution in [0.3, 0.4) is 0 Å². The molecular weight excluding hydrogens is 328 g/mol. The molecule has 5 heteroatoms. The van der Waals surface area contributed by atoms with Crippen LogP contribution in [0.25, 0.3) is 33.3 Å². The minimum atomic E-state index is -0.390. The van der Waals surface area contributed by atoms with Crippen molar-refractivity contribution in [3.8, 4) is 28.1 Å². The summed E-state index contributed by atoms with van der Waals surface area (Å²) in [6.07, 6.45) is 0. The van der Waals surface area contributed by atoms with E-state index in [9.17, 15) is 10.1 Å². The molecule has 0 aliphatic carbocycles. The van der Waals surface area contributed by atoms with Gasteiger partial charge in [0, 0.05) is 28.6 Å². The minimum Gasteiger partial charge on any atom is -0.497 e. The van der Waals surface area contributed by atoms with Gasteiger partial charge in [-0.15, -0.1) is 0 Å². The molecule has 0 fully saturated rings. The van der Waals surface area contributed by atoms with E-state index in [0.717, 1.165) is 39.0 Å². The predicted octanol–water partition coefficient (Wildman–Crippen LogP) is 5.42. The van der Waals surface area contributed by atoms with Crippen LogP contribution in [0.1, 0.15) is 0 Å². The summed E-state index contributed by atoms with van der Waals surface area (Å²) in [5.41, 5.74) is 5.06. The van der Waals surface area contributed by atoms with Gasteiger partial charge in [0.05, 0.1) is 17.7 Å². The number of methoxy groups -OCH3 is 1. The van der Waals surface area contributed by atoms with Crippen LogP contribution in [0.15, 0.2) is 72.8 Å². The molecule has 128 valence electrons. The van der Waals surface area contributed by atoms with Crippen molar-refractivity contribution in [1.29, 1.82) is 0 Å². The molecule has 1 heterocycles. The van der Waals surface area contributed by atoms with Gasteiger partial charge in [0.15, 0.2) is 0 Å². The average molecular weight is 344 g/mol. The van der Waals surface area contributed by atoms with Gasteiger partial charge in [0.2, 0.25) is 0 Å². The number of nitro groups is 1. The lowest BCUT2D eigenvalue weighted by Gasteiger charge is -2.07. The third-order valence-electron chi connectivity index (χ3n) is 4.45. The summed E-state index contributed by atoms with van der Waals surface area (Å²) in [6, 6.07) is 22.6. The van der Waals surface area contributed by atoms with Crippen molar-refractivity contribution < 1.29 is 9.66 Å². The van der Waals surface area contributed by atoms with Gasteiger partial charge in [-0.1, -0.05) is 30.3 Å². The minimum absolute atomic E-state index is 0.0795. The van der Waals surface area contributed by atoms with Crippen LogP contribution in [0.2, 0.25) is 0 Å². The van der Waals surface area contributed by atoms with Crippen molar-refractivity contribution in [2.75, 3.05) is 7.11 Å². The van der Waals surface area contributed by atoms with E-state index in [1.165, 1.54) is 12.1 Å². The molecule has 0 spiro atoms. The molecule has 0 aliphatic heterocycles. The van der Waals surface area contributed by atoms with Crippen LogP contribution in [0.4, 0.5) is 5.69 Å². The molecule has 0 amide bonds. The Bertz CT molecular complexity index is 1080. The number of hydrogen-bond donors (Lipinski definition) is 1. The van der Waals surface area contributed by atoms with Crippen LogP contribution in [0, 0.1) is 10.1 Å². The van der Waals surface area contributed by atoms with E-state index in [1.807, 2.05) is 42.5 Å². The fraction of sp³-hybridized carbons (Fsp3) is 0.0476. The van der Waals surface area contributed by atoms with E-state index in [-0.39, 0.29) is 10.6 Å². The second kappa shape index (κ2) is 6.37. The highest BCUT2D eigenvalue weighted by molar-refractivity contribution is 6.03. The fourth-order valence-electron chi connectivity index (χ4n) is 3.17. The summed E-state index contributed by atoms with van der Waals surface area (Å²) in [7, 11) is 1.64. The molecule has 0 unspecified atom stereocenters. The van der Waals surface area contributed by atoms with Gasteiger partial charge in [-0.3, -0.25) is 10.1 Å². The smallest absolute Gasteiger partial charge is 0.269 e. The third-order valence-corrected chi connectivity index (χ3v) is 4.45. The maximum atomic E-state index is 10.9. The number of benzene rings is 3. The maximum Gasteiger partial charge on any atom is 0.269 e. The number of aromatic nitrogens is 1.